The third kappa shape index (κ3) is 5.04. The molecule has 18 heavy (non-hydrogen) atoms. The van der Waals surface area contributed by atoms with E-state index in [0.717, 1.165) is 25.7 Å². The summed E-state index contributed by atoms with van der Waals surface area (Å²) < 4.78 is 5.37. The van der Waals surface area contributed by atoms with Gasteiger partial charge in [-0.15, -0.1) is 0 Å². The molecule has 1 aliphatic carbocycles. The van der Waals surface area contributed by atoms with E-state index in [4.69, 9.17) is 16.2 Å². The fraction of sp³-hybridized carbons (Fsp3) is 0.846. The Balaban J connectivity index is 2.23. The van der Waals surface area contributed by atoms with Gasteiger partial charge in [-0.2, -0.15) is 0 Å². The molecular weight excluding hydrogens is 232 g/mol. The molecule has 0 aromatic rings. The molecule has 5 nitrogen and oxygen atoms in total. The summed E-state index contributed by atoms with van der Waals surface area (Å²) in [7, 11) is 0. The maximum atomic E-state index is 11.6. The second kappa shape index (κ2) is 6.18. The van der Waals surface area contributed by atoms with Crippen LogP contribution in [0.5, 0.6) is 0 Å². The van der Waals surface area contributed by atoms with Gasteiger partial charge in [-0.3, -0.25) is 9.59 Å². The fourth-order valence-corrected chi connectivity index (χ4v) is 2.15. The summed E-state index contributed by atoms with van der Waals surface area (Å²) in [6, 6.07) is -0.761. The van der Waals surface area contributed by atoms with E-state index in [1.54, 1.807) is 0 Å². The minimum absolute atomic E-state index is 0.0235. The highest BCUT2D eigenvalue weighted by molar-refractivity contribution is 5.80. The summed E-state index contributed by atoms with van der Waals surface area (Å²) >= 11 is 0. The molecular formula is C13H24N2O3. The van der Waals surface area contributed by atoms with Crippen LogP contribution in [0, 0.1) is 5.41 Å². The molecule has 1 atom stereocenters. The summed E-state index contributed by atoms with van der Waals surface area (Å²) in [4.78, 5) is 22.3. The lowest BCUT2D eigenvalue weighted by Gasteiger charge is -2.33. The third-order valence-electron chi connectivity index (χ3n) is 3.61. The zero-order chi connectivity index (χ0) is 13.8. The van der Waals surface area contributed by atoms with Gasteiger partial charge in [0.25, 0.3) is 0 Å². The Labute approximate surface area is 108 Å². The molecule has 104 valence electrons. The lowest BCUT2D eigenvalue weighted by atomic mass is 9.76. The van der Waals surface area contributed by atoms with E-state index in [2.05, 4.69) is 13.8 Å². The smallest absolute Gasteiger partial charge is 0.306 e. The van der Waals surface area contributed by atoms with Gasteiger partial charge in [-0.1, -0.05) is 13.8 Å². The van der Waals surface area contributed by atoms with Gasteiger partial charge in [0, 0.05) is 6.42 Å². The van der Waals surface area contributed by atoms with E-state index in [0.29, 0.717) is 5.41 Å². The number of ether oxygens (including phenoxy) is 1. The SMILES string of the molecule is CC1(C)CCC(OC(=O)CC[C@H](N)C(N)=O)CC1. The lowest BCUT2D eigenvalue weighted by molar-refractivity contribution is -0.151. The predicted octanol–water partition coefficient (Wildman–Crippen LogP) is 1.09. The molecule has 0 aromatic heterocycles. The Hall–Kier alpha value is -1.10. The molecule has 1 amide bonds. The standard InChI is InChI=1S/C13H24N2O3/c1-13(2)7-5-9(6-8-13)18-11(16)4-3-10(14)12(15)17/h9-10H,3-8,14H2,1-2H3,(H2,15,17)/t10-/m0/s1. The van der Waals surface area contributed by atoms with Crippen LogP contribution in [0.2, 0.25) is 0 Å². The van der Waals surface area contributed by atoms with Crippen LogP contribution in [0.4, 0.5) is 0 Å². The number of amides is 1. The van der Waals surface area contributed by atoms with Crippen LogP contribution >= 0.6 is 0 Å². The van der Waals surface area contributed by atoms with Crippen LogP contribution in [0.25, 0.3) is 0 Å². The Morgan fingerprint density at radius 1 is 1.33 bits per heavy atom. The van der Waals surface area contributed by atoms with Gasteiger partial charge < -0.3 is 16.2 Å². The predicted molar refractivity (Wildman–Crippen MR) is 68.5 cm³/mol. The van der Waals surface area contributed by atoms with Crippen molar-refractivity contribution >= 4 is 11.9 Å². The Kier molecular flexibility index (Phi) is 5.14. The first-order valence-electron chi connectivity index (χ1n) is 6.54. The van der Waals surface area contributed by atoms with Gasteiger partial charge >= 0.3 is 5.97 Å². The molecule has 0 aliphatic heterocycles. The van der Waals surface area contributed by atoms with E-state index in [-0.39, 0.29) is 24.9 Å². The molecule has 0 unspecified atom stereocenters. The van der Waals surface area contributed by atoms with Gasteiger partial charge in [-0.25, -0.2) is 0 Å². The second-order valence-electron chi connectivity index (χ2n) is 5.90. The third-order valence-corrected chi connectivity index (χ3v) is 3.61. The van der Waals surface area contributed by atoms with Crippen molar-refractivity contribution in [1.82, 2.24) is 0 Å². The van der Waals surface area contributed by atoms with E-state index in [1.165, 1.54) is 0 Å². The normalized spacial score (nSPS) is 21.3. The first-order chi connectivity index (χ1) is 8.30. The van der Waals surface area contributed by atoms with Crippen LogP contribution < -0.4 is 11.5 Å². The van der Waals surface area contributed by atoms with Gasteiger partial charge in [-0.05, 0) is 37.5 Å². The van der Waals surface area contributed by atoms with Gasteiger partial charge in [0.15, 0.2) is 0 Å². The van der Waals surface area contributed by atoms with E-state index in [9.17, 15) is 9.59 Å². The number of rotatable bonds is 5. The molecule has 1 aliphatic rings. The molecule has 0 aromatic carbocycles. The van der Waals surface area contributed by atoms with Crippen LogP contribution in [0.15, 0.2) is 0 Å². The number of carbonyl (C=O) groups is 2. The number of primary amides is 1. The number of hydrogen-bond donors (Lipinski definition) is 2. The van der Waals surface area contributed by atoms with E-state index < -0.39 is 11.9 Å². The second-order valence-corrected chi connectivity index (χ2v) is 5.90. The molecule has 0 spiro atoms. The molecule has 1 saturated carbocycles. The van der Waals surface area contributed by atoms with Gasteiger partial charge in [0.2, 0.25) is 5.91 Å². The summed E-state index contributed by atoms with van der Waals surface area (Å²) in [5, 5.41) is 0. The minimum Gasteiger partial charge on any atom is -0.462 e. The average molecular weight is 256 g/mol. The monoisotopic (exact) mass is 256 g/mol. The Bertz CT molecular complexity index is 305. The highest BCUT2D eigenvalue weighted by Gasteiger charge is 2.28. The molecule has 0 bridgehead atoms. The quantitative estimate of drug-likeness (QED) is 0.720. The van der Waals surface area contributed by atoms with Crippen molar-refractivity contribution in [2.45, 2.75) is 64.5 Å². The van der Waals surface area contributed by atoms with Crippen LogP contribution in [0.1, 0.15) is 52.4 Å². The number of esters is 1. The minimum atomic E-state index is -0.761. The number of hydrogen-bond acceptors (Lipinski definition) is 4. The zero-order valence-electron chi connectivity index (χ0n) is 11.3. The fourth-order valence-electron chi connectivity index (χ4n) is 2.15. The summed E-state index contributed by atoms with van der Waals surface area (Å²) in [5.41, 5.74) is 10.8. The van der Waals surface area contributed by atoms with Crippen molar-refractivity contribution in [2.24, 2.45) is 16.9 Å². The number of nitrogens with two attached hydrogens (primary N) is 2. The highest BCUT2D eigenvalue weighted by Crippen LogP contribution is 2.36. The molecule has 0 saturated heterocycles. The lowest BCUT2D eigenvalue weighted by Crippen LogP contribution is -2.37. The largest absolute Gasteiger partial charge is 0.462 e. The maximum Gasteiger partial charge on any atom is 0.306 e. The van der Waals surface area contributed by atoms with Crippen molar-refractivity contribution < 1.29 is 14.3 Å². The Morgan fingerprint density at radius 3 is 2.39 bits per heavy atom. The van der Waals surface area contributed by atoms with E-state index in [1.807, 2.05) is 0 Å². The molecule has 4 N–H and O–H groups in total. The van der Waals surface area contributed by atoms with Crippen LogP contribution in [0.3, 0.4) is 0 Å². The zero-order valence-corrected chi connectivity index (χ0v) is 11.3. The van der Waals surface area contributed by atoms with Crippen molar-refractivity contribution in [3.8, 4) is 0 Å². The van der Waals surface area contributed by atoms with Crippen molar-refractivity contribution in [2.75, 3.05) is 0 Å². The first kappa shape index (κ1) is 15.0. The van der Waals surface area contributed by atoms with Crippen LogP contribution in [-0.2, 0) is 14.3 Å². The summed E-state index contributed by atoms with van der Waals surface area (Å²) in [5.74, 6) is -0.862. The summed E-state index contributed by atoms with van der Waals surface area (Å²) in [6.07, 6.45) is 4.42. The van der Waals surface area contributed by atoms with Gasteiger partial charge in [0.1, 0.15) is 6.10 Å². The number of carbonyl (C=O) groups excluding carboxylic acids is 2. The maximum absolute atomic E-state index is 11.6. The average Bonchev–Trinajstić information content (AvgIpc) is 2.28. The first-order valence-corrected chi connectivity index (χ1v) is 6.54. The molecule has 0 radical (unpaired) electrons. The van der Waals surface area contributed by atoms with Crippen molar-refractivity contribution in [3.63, 3.8) is 0 Å². The Morgan fingerprint density at radius 2 is 1.89 bits per heavy atom. The van der Waals surface area contributed by atoms with E-state index >= 15 is 0 Å². The molecule has 1 rings (SSSR count). The molecule has 5 heteroatoms. The molecule has 0 heterocycles. The molecule has 1 fully saturated rings. The van der Waals surface area contributed by atoms with Gasteiger partial charge in [0.05, 0.1) is 6.04 Å². The van der Waals surface area contributed by atoms with Crippen molar-refractivity contribution in [1.29, 1.82) is 0 Å². The van der Waals surface area contributed by atoms with Crippen molar-refractivity contribution in [3.05, 3.63) is 0 Å². The van der Waals surface area contributed by atoms with Crippen LogP contribution in [-0.4, -0.2) is 24.0 Å². The highest BCUT2D eigenvalue weighted by atomic mass is 16.5. The topological polar surface area (TPSA) is 95.4 Å². The summed E-state index contributed by atoms with van der Waals surface area (Å²) in [6.45, 7) is 4.47.